The summed E-state index contributed by atoms with van der Waals surface area (Å²) in [5.41, 5.74) is 0.967. The second-order valence-electron chi connectivity index (χ2n) is 3.93. The molecule has 1 aromatic carbocycles. The van der Waals surface area contributed by atoms with Crippen molar-refractivity contribution in [3.8, 4) is 0 Å². The number of hydrogen-bond donors (Lipinski definition) is 2. The van der Waals surface area contributed by atoms with Gasteiger partial charge in [-0.25, -0.2) is 0 Å². The highest BCUT2D eigenvalue weighted by Gasteiger charge is 2.05. The zero-order chi connectivity index (χ0) is 11.1. The third-order valence-corrected chi connectivity index (χ3v) is 2.26. The van der Waals surface area contributed by atoms with E-state index >= 15 is 0 Å². The van der Waals surface area contributed by atoms with E-state index in [0.29, 0.717) is 6.54 Å². The Morgan fingerprint density at radius 2 is 1.93 bits per heavy atom. The van der Waals surface area contributed by atoms with E-state index in [-0.39, 0.29) is 0 Å². The van der Waals surface area contributed by atoms with Crippen LogP contribution in [0, 0.1) is 0 Å². The van der Waals surface area contributed by atoms with E-state index in [9.17, 15) is 5.11 Å². The number of likely N-dealkylation sites (N-methyl/N-ethyl adjacent to an activating group) is 1. The molecule has 0 fully saturated rings. The molecule has 0 saturated carbocycles. The Balaban J connectivity index is 2.22. The molecule has 0 unspecified atom stereocenters. The number of nitrogens with one attached hydrogen (secondary N) is 1. The van der Waals surface area contributed by atoms with Crippen LogP contribution >= 0.6 is 0 Å². The maximum absolute atomic E-state index is 9.81. The third kappa shape index (κ3) is 4.93. The third-order valence-electron chi connectivity index (χ3n) is 2.26. The van der Waals surface area contributed by atoms with Crippen molar-refractivity contribution in [2.24, 2.45) is 0 Å². The zero-order valence-corrected chi connectivity index (χ0v) is 9.48. The summed E-state index contributed by atoms with van der Waals surface area (Å²) < 4.78 is 0. The van der Waals surface area contributed by atoms with Crippen molar-refractivity contribution >= 4 is 0 Å². The molecule has 1 aromatic rings. The number of rotatable bonds is 6. The van der Waals surface area contributed by atoms with Crippen LogP contribution in [0.25, 0.3) is 0 Å². The lowest BCUT2D eigenvalue weighted by molar-refractivity contribution is 0.173. The molecule has 0 aromatic heterocycles. The number of nitrogens with zero attached hydrogens (tertiary/aromatic N) is 1. The first-order chi connectivity index (χ1) is 7.20. The molecule has 0 amide bonds. The summed E-state index contributed by atoms with van der Waals surface area (Å²) in [5, 5.41) is 13.0. The second kappa shape index (κ2) is 6.56. The lowest BCUT2D eigenvalue weighted by atomic mass is 10.1. The molecule has 1 atom stereocenters. The Hall–Kier alpha value is -0.900. The summed E-state index contributed by atoms with van der Waals surface area (Å²) in [6.45, 7) is 2.50. The fourth-order valence-electron chi connectivity index (χ4n) is 1.33. The smallest absolute Gasteiger partial charge is 0.0914 e. The van der Waals surface area contributed by atoms with Crippen LogP contribution in [-0.2, 0) is 0 Å². The van der Waals surface area contributed by atoms with Crippen molar-refractivity contribution in [1.29, 1.82) is 0 Å². The van der Waals surface area contributed by atoms with Gasteiger partial charge in [0, 0.05) is 19.6 Å². The molecule has 84 valence electrons. The summed E-state index contributed by atoms with van der Waals surface area (Å²) >= 11 is 0. The molecule has 15 heavy (non-hydrogen) atoms. The van der Waals surface area contributed by atoms with Gasteiger partial charge in [0.05, 0.1) is 6.10 Å². The van der Waals surface area contributed by atoms with E-state index in [1.807, 2.05) is 44.4 Å². The van der Waals surface area contributed by atoms with Gasteiger partial charge in [0.1, 0.15) is 0 Å². The summed E-state index contributed by atoms with van der Waals surface area (Å²) in [6.07, 6.45) is -0.409. The van der Waals surface area contributed by atoms with Gasteiger partial charge in [-0.3, -0.25) is 0 Å². The van der Waals surface area contributed by atoms with Gasteiger partial charge in [0.2, 0.25) is 0 Å². The van der Waals surface area contributed by atoms with Crippen LogP contribution in [0.2, 0.25) is 0 Å². The predicted octanol–water partition coefficient (Wildman–Crippen LogP) is 0.871. The van der Waals surface area contributed by atoms with E-state index in [4.69, 9.17) is 0 Å². The molecular formula is C12H20N2O. The van der Waals surface area contributed by atoms with Crippen molar-refractivity contribution in [1.82, 2.24) is 10.2 Å². The zero-order valence-electron chi connectivity index (χ0n) is 9.48. The summed E-state index contributed by atoms with van der Waals surface area (Å²) in [6, 6.07) is 9.73. The minimum atomic E-state index is -0.409. The van der Waals surface area contributed by atoms with Crippen LogP contribution in [0.15, 0.2) is 30.3 Å². The Bertz CT molecular complexity index is 262. The van der Waals surface area contributed by atoms with Gasteiger partial charge in [-0.15, -0.1) is 0 Å². The van der Waals surface area contributed by atoms with E-state index in [1.54, 1.807) is 0 Å². The number of aliphatic hydroxyl groups excluding tert-OH is 1. The fourth-order valence-corrected chi connectivity index (χ4v) is 1.33. The van der Waals surface area contributed by atoms with Crippen LogP contribution in [0.3, 0.4) is 0 Å². The molecule has 0 heterocycles. The Morgan fingerprint density at radius 1 is 1.27 bits per heavy atom. The predicted molar refractivity (Wildman–Crippen MR) is 62.8 cm³/mol. The molecular weight excluding hydrogens is 188 g/mol. The van der Waals surface area contributed by atoms with Crippen LogP contribution in [0.1, 0.15) is 11.7 Å². The monoisotopic (exact) mass is 208 g/mol. The van der Waals surface area contributed by atoms with Crippen molar-refractivity contribution in [3.63, 3.8) is 0 Å². The minimum Gasteiger partial charge on any atom is -0.387 e. The largest absolute Gasteiger partial charge is 0.387 e. The topological polar surface area (TPSA) is 35.5 Å². The maximum Gasteiger partial charge on any atom is 0.0914 e. The Morgan fingerprint density at radius 3 is 2.53 bits per heavy atom. The van der Waals surface area contributed by atoms with Crippen molar-refractivity contribution < 1.29 is 5.11 Å². The van der Waals surface area contributed by atoms with Crippen LogP contribution in [0.4, 0.5) is 0 Å². The van der Waals surface area contributed by atoms with Gasteiger partial charge < -0.3 is 15.3 Å². The van der Waals surface area contributed by atoms with E-state index in [1.165, 1.54) is 0 Å². The Kier molecular flexibility index (Phi) is 5.32. The molecule has 0 radical (unpaired) electrons. The minimum absolute atomic E-state index is 0.409. The highest BCUT2D eigenvalue weighted by Crippen LogP contribution is 2.09. The molecule has 3 nitrogen and oxygen atoms in total. The Labute approximate surface area is 91.7 Å². The molecule has 1 rings (SSSR count). The molecule has 0 aliphatic carbocycles. The van der Waals surface area contributed by atoms with Gasteiger partial charge in [-0.2, -0.15) is 0 Å². The fraction of sp³-hybridized carbons (Fsp3) is 0.500. The molecule has 0 aliphatic rings. The van der Waals surface area contributed by atoms with Crippen LogP contribution in [0.5, 0.6) is 0 Å². The number of hydrogen-bond acceptors (Lipinski definition) is 3. The van der Waals surface area contributed by atoms with Crippen molar-refractivity contribution in [2.75, 3.05) is 33.7 Å². The molecule has 3 heteroatoms. The van der Waals surface area contributed by atoms with Gasteiger partial charge >= 0.3 is 0 Å². The standard InChI is InChI=1S/C12H20N2O/c1-14(2)9-8-13-10-12(15)11-6-4-3-5-7-11/h3-7,12-13,15H,8-10H2,1-2H3/t12-/m0/s1. The van der Waals surface area contributed by atoms with Crippen LogP contribution < -0.4 is 5.32 Å². The molecule has 0 saturated heterocycles. The normalized spacial score (nSPS) is 13.1. The van der Waals surface area contributed by atoms with Gasteiger partial charge in [-0.1, -0.05) is 30.3 Å². The van der Waals surface area contributed by atoms with Crippen molar-refractivity contribution in [2.45, 2.75) is 6.10 Å². The first-order valence-electron chi connectivity index (χ1n) is 5.28. The number of aliphatic hydroxyl groups is 1. The average molecular weight is 208 g/mol. The molecule has 0 aliphatic heterocycles. The first kappa shape index (κ1) is 12.2. The van der Waals surface area contributed by atoms with Gasteiger partial charge in [0.25, 0.3) is 0 Å². The summed E-state index contributed by atoms with van der Waals surface area (Å²) in [4.78, 5) is 2.11. The molecule has 0 bridgehead atoms. The first-order valence-corrected chi connectivity index (χ1v) is 5.28. The van der Waals surface area contributed by atoms with E-state index in [2.05, 4.69) is 10.2 Å². The van der Waals surface area contributed by atoms with Crippen molar-refractivity contribution in [3.05, 3.63) is 35.9 Å². The van der Waals surface area contributed by atoms with E-state index < -0.39 is 6.10 Å². The maximum atomic E-state index is 9.81. The quantitative estimate of drug-likeness (QED) is 0.681. The molecule has 0 spiro atoms. The highest BCUT2D eigenvalue weighted by atomic mass is 16.3. The highest BCUT2D eigenvalue weighted by molar-refractivity contribution is 5.17. The van der Waals surface area contributed by atoms with Gasteiger partial charge in [-0.05, 0) is 19.7 Å². The SMILES string of the molecule is CN(C)CCNC[C@H](O)c1ccccc1. The number of benzene rings is 1. The average Bonchev–Trinajstić information content (AvgIpc) is 2.25. The summed E-state index contributed by atoms with van der Waals surface area (Å²) in [7, 11) is 4.07. The lowest BCUT2D eigenvalue weighted by Gasteiger charge is -2.14. The van der Waals surface area contributed by atoms with Crippen LogP contribution in [-0.4, -0.2) is 43.7 Å². The van der Waals surface area contributed by atoms with E-state index in [0.717, 1.165) is 18.7 Å². The van der Waals surface area contributed by atoms with Gasteiger partial charge in [0.15, 0.2) is 0 Å². The lowest BCUT2D eigenvalue weighted by Crippen LogP contribution is -2.29. The second-order valence-corrected chi connectivity index (χ2v) is 3.93. The summed E-state index contributed by atoms with van der Waals surface area (Å²) in [5.74, 6) is 0. The molecule has 2 N–H and O–H groups in total.